The number of carbonyl (C=O) groups excluding carboxylic acids is 2. The Balaban J connectivity index is 1.54. The van der Waals surface area contributed by atoms with E-state index in [4.69, 9.17) is 9.72 Å². The van der Waals surface area contributed by atoms with Gasteiger partial charge >= 0.3 is 12.3 Å². The quantitative estimate of drug-likeness (QED) is 0.446. The highest BCUT2D eigenvalue weighted by Crippen LogP contribution is 2.30. The van der Waals surface area contributed by atoms with Gasteiger partial charge in [0.15, 0.2) is 0 Å². The number of aryl methyl sites for hydroxylation is 1. The molecular formula is C26H30BrF3N6O4. The molecule has 1 aliphatic heterocycles. The predicted octanol–water partition coefficient (Wildman–Crippen LogP) is 4.54. The summed E-state index contributed by atoms with van der Waals surface area (Å²) in [7, 11) is 0. The monoisotopic (exact) mass is 626 g/mol. The van der Waals surface area contributed by atoms with Crippen LogP contribution in [-0.4, -0.2) is 62.6 Å². The second kappa shape index (κ2) is 11.1. The van der Waals surface area contributed by atoms with Gasteiger partial charge in [-0.1, -0.05) is 6.92 Å². The molecule has 0 spiro atoms. The zero-order chi connectivity index (χ0) is 29.4. The van der Waals surface area contributed by atoms with Crippen LogP contribution >= 0.6 is 15.9 Å². The van der Waals surface area contributed by atoms with E-state index in [1.54, 1.807) is 31.9 Å². The van der Waals surface area contributed by atoms with E-state index in [2.05, 4.69) is 21.2 Å². The van der Waals surface area contributed by atoms with Gasteiger partial charge in [-0.3, -0.25) is 9.59 Å². The summed E-state index contributed by atoms with van der Waals surface area (Å²) in [4.78, 5) is 47.0. The molecule has 2 amide bonds. The van der Waals surface area contributed by atoms with E-state index in [9.17, 15) is 27.6 Å². The van der Waals surface area contributed by atoms with Crippen molar-refractivity contribution in [2.75, 3.05) is 36.4 Å². The largest absolute Gasteiger partial charge is 0.444 e. The lowest BCUT2D eigenvalue weighted by atomic mass is 10.2. The molecule has 0 atom stereocenters. The number of nitrogens with one attached hydrogen (secondary N) is 1. The summed E-state index contributed by atoms with van der Waals surface area (Å²) in [5.74, 6) is -0.258. The van der Waals surface area contributed by atoms with Gasteiger partial charge in [-0.25, -0.2) is 14.2 Å². The molecule has 1 N–H and O–H groups in total. The second-order valence-electron chi connectivity index (χ2n) is 10.4. The summed E-state index contributed by atoms with van der Waals surface area (Å²) in [5, 5.41) is 2.57. The highest BCUT2D eigenvalue weighted by Gasteiger charge is 2.31. The van der Waals surface area contributed by atoms with Crippen molar-refractivity contribution in [2.24, 2.45) is 0 Å². The van der Waals surface area contributed by atoms with Crippen LogP contribution in [0.15, 0.2) is 39.9 Å². The summed E-state index contributed by atoms with van der Waals surface area (Å²) in [6.07, 6.45) is -2.87. The van der Waals surface area contributed by atoms with Gasteiger partial charge in [0.25, 0.3) is 5.56 Å². The summed E-state index contributed by atoms with van der Waals surface area (Å²) in [6.45, 7) is 8.67. The number of rotatable bonds is 5. The van der Waals surface area contributed by atoms with Crippen LogP contribution < -0.4 is 15.8 Å². The first-order chi connectivity index (χ1) is 18.7. The van der Waals surface area contributed by atoms with Crippen molar-refractivity contribution in [2.45, 2.75) is 52.4 Å². The molecule has 2 aromatic heterocycles. The molecular weight excluding hydrogens is 597 g/mol. The minimum atomic E-state index is -4.47. The Morgan fingerprint density at radius 3 is 2.25 bits per heavy atom. The Morgan fingerprint density at radius 2 is 1.70 bits per heavy atom. The maximum absolute atomic E-state index is 13.7. The minimum Gasteiger partial charge on any atom is -0.444 e. The number of hydrogen-bond donors (Lipinski definition) is 1. The molecule has 0 saturated carbocycles. The molecule has 1 fully saturated rings. The van der Waals surface area contributed by atoms with Crippen LogP contribution in [0, 0.1) is 0 Å². The average molecular weight is 627 g/mol. The molecule has 1 saturated heterocycles. The number of fused-ring (bicyclic) bond motifs is 1. The second-order valence-corrected chi connectivity index (χ2v) is 11.2. The van der Waals surface area contributed by atoms with Gasteiger partial charge in [0.2, 0.25) is 11.7 Å². The van der Waals surface area contributed by atoms with Crippen molar-refractivity contribution in [3.05, 3.63) is 56.7 Å². The van der Waals surface area contributed by atoms with Crippen LogP contribution in [0.5, 0.6) is 0 Å². The highest BCUT2D eigenvalue weighted by molar-refractivity contribution is 9.10. The Bertz CT molecular complexity index is 1470. The number of carbonyl (C=O) groups is 2. The number of hydrogen-bond acceptors (Lipinski definition) is 6. The fraction of sp³-hybridized carbons (Fsp3) is 0.462. The number of aromatic nitrogens is 3. The molecule has 14 heteroatoms. The van der Waals surface area contributed by atoms with Gasteiger partial charge in [-0.05, 0) is 67.4 Å². The van der Waals surface area contributed by atoms with Gasteiger partial charge in [0, 0.05) is 38.1 Å². The lowest BCUT2D eigenvalue weighted by Gasteiger charge is -2.36. The van der Waals surface area contributed by atoms with E-state index in [-0.39, 0.29) is 23.6 Å². The number of piperazine rings is 1. The van der Waals surface area contributed by atoms with Crippen LogP contribution in [0.2, 0.25) is 0 Å². The Labute approximate surface area is 236 Å². The van der Waals surface area contributed by atoms with Crippen LogP contribution in [0.4, 0.5) is 29.3 Å². The molecule has 0 unspecified atom stereocenters. The van der Waals surface area contributed by atoms with E-state index in [0.29, 0.717) is 48.6 Å². The lowest BCUT2D eigenvalue weighted by molar-refractivity contribution is -0.137. The first-order valence-electron chi connectivity index (χ1n) is 12.7. The van der Waals surface area contributed by atoms with E-state index in [0.717, 1.165) is 12.1 Å². The average Bonchev–Trinajstić information content (AvgIpc) is 3.17. The van der Waals surface area contributed by atoms with Gasteiger partial charge in [0.1, 0.15) is 22.4 Å². The summed E-state index contributed by atoms with van der Waals surface area (Å²) < 4.78 is 47.1. The van der Waals surface area contributed by atoms with Crippen LogP contribution in [0.25, 0.3) is 5.78 Å². The number of alkyl halides is 3. The van der Waals surface area contributed by atoms with E-state index in [1.165, 1.54) is 21.1 Å². The normalized spacial score (nSPS) is 14.5. The summed E-state index contributed by atoms with van der Waals surface area (Å²) >= 11 is 3.39. The van der Waals surface area contributed by atoms with Crippen molar-refractivity contribution in [1.82, 2.24) is 18.9 Å². The van der Waals surface area contributed by atoms with Crippen LogP contribution in [-0.2, 0) is 28.7 Å². The Kier molecular flexibility index (Phi) is 8.20. The van der Waals surface area contributed by atoms with E-state index in [1.807, 2.05) is 11.8 Å². The van der Waals surface area contributed by atoms with Crippen molar-refractivity contribution in [3.8, 4) is 0 Å². The molecule has 40 heavy (non-hydrogen) atoms. The fourth-order valence-corrected chi connectivity index (χ4v) is 4.96. The fourth-order valence-electron chi connectivity index (χ4n) is 4.39. The molecule has 1 aliphatic rings. The first kappa shape index (κ1) is 29.4. The number of ether oxygens (including phenoxy) is 1. The first-order valence-corrected chi connectivity index (χ1v) is 13.5. The smallest absolute Gasteiger partial charge is 0.416 e. The molecule has 1 aromatic carbocycles. The molecule has 216 valence electrons. The molecule has 3 aromatic rings. The van der Waals surface area contributed by atoms with Crippen LogP contribution in [0.3, 0.4) is 0 Å². The number of anilines is 2. The number of benzene rings is 1. The minimum absolute atomic E-state index is 0.209. The van der Waals surface area contributed by atoms with Crippen LogP contribution in [0.1, 0.15) is 39.0 Å². The molecule has 3 heterocycles. The van der Waals surface area contributed by atoms with E-state index >= 15 is 0 Å². The van der Waals surface area contributed by atoms with Gasteiger partial charge in [-0.15, -0.1) is 0 Å². The van der Waals surface area contributed by atoms with Crippen molar-refractivity contribution < 1.29 is 27.5 Å². The maximum Gasteiger partial charge on any atom is 0.416 e. The topological polar surface area (TPSA) is 101 Å². The van der Waals surface area contributed by atoms with E-state index < -0.39 is 29.3 Å². The molecule has 0 radical (unpaired) electrons. The summed E-state index contributed by atoms with van der Waals surface area (Å²) in [6, 6.07) is 4.13. The van der Waals surface area contributed by atoms with Gasteiger partial charge in [0.05, 0.1) is 11.3 Å². The highest BCUT2D eigenvalue weighted by atomic mass is 79.9. The third-order valence-electron chi connectivity index (χ3n) is 6.24. The predicted molar refractivity (Wildman–Crippen MR) is 147 cm³/mol. The Morgan fingerprint density at radius 1 is 1.07 bits per heavy atom. The van der Waals surface area contributed by atoms with Gasteiger partial charge < -0.3 is 24.4 Å². The zero-order valence-electron chi connectivity index (χ0n) is 22.5. The standard InChI is InChI=1S/C26H30BrF3N6O4/c1-5-18-21(33-10-12-34(13-11-33)24(39)40-25(2,3)4)22(38)36-19(27)14-35(23(36)32-18)15-20(37)31-17-8-6-16(7-9-17)26(28,29)30/h6-9,14H,5,10-13,15H2,1-4H3,(H,31,37). The third-order valence-corrected chi connectivity index (χ3v) is 6.80. The Hall–Kier alpha value is -3.55. The number of halogens is 4. The molecule has 0 aliphatic carbocycles. The van der Waals surface area contributed by atoms with Crippen molar-refractivity contribution >= 4 is 45.1 Å². The number of nitrogens with zero attached hydrogens (tertiary/aromatic N) is 5. The molecule has 0 bridgehead atoms. The lowest BCUT2D eigenvalue weighted by Crippen LogP contribution is -2.51. The molecule has 10 nitrogen and oxygen atoms in total. The SMILES string of the molecule is CCc1nc2n(CC(=O)Nc3ccc(C(F)(F)F)cc3)cc(Br)n2c(=O)c1N1CCN(C(=O)OC(C)(C)C)CC1. The van der Waals surface area contributed by atoms with Gasteiger partial charge in [-0.2, -0.15) is 13.2 Å². The number of amides is 2. The molecule has 4 rings (SSSR count). The third kappa shape index (κ3) is 6.43. The zero-order valence-corrected chi connectivity index (χ0v) is 24.1. The maximum atomic E-state index is 13.7. The van der Waals surface area contributed by atoms with Crippen molar-refractivity contribution in [3.63, 3.8) is 0 Å². The summed E-state index contributed by atoms with van der Waals surface area (Å²) in [5.41, 5.74) is -0.557. The van der Waals surface area contributed by atoms with Crippen molar-refractivity contribution in [1.29, 1.82) is 0 Å². The number of imidazole rings is 1.